The van der Waals surface area contributed by atoms with Gasteiger partial charge in [-0.15, -0.1) is 24.0 Å². The molecule has 0 amide bonds. The average Bonchev–Trinajstić information content (AvgIpc) is 2.34. The summed E-state index contributed by atoms with van der Waals surface area (Å²) in [4.78, 5) is 8.07. The summed E-state index contributed by atoms with van der Waals surface area (Å²) in [5.41, 5.74) is 0. The number of aromatic nitrogens is 1. The zero-order chi connectivity index (χ0) is 12.5. The van der Waals surface area contributed by atoms with Crippen LogP contribution in [0.2, 0.25) is 0 Å². The van der Waals surface area contributed by atoms with Gasteiger partial charge < -0.3 is 15.4 Å². The van der Waals surface area contributed by atoms with Gasteiger partial charge in [0, 0.05) is 19.3 Å². The molecule has 0 spiro atoms. The van der Waals surface area contributed by atoms with Crippen molar-refractivity contribution in [3.05, 3.63) is 24.5 Å². The Kier molecular flexibility index (Phi) is 9.35. The number of hydrogen-bond acceptors (Lipinski definition) is 3. The number of ether oxygens (including phenoxy) is 1. The van der Waals surface area contributed by atoms with Gasteiger partial charge >= 0.3 is 0 Å². The van der Waals surface area contributed by atoms with Gasteiger partial charge in [-0.05, 0) is 26.0 Å². The van der Waals surface area contributed by atoms with E-state index in [0.29, 0.717) is 19.2 Å². The fourth-order valence-corrected chi connectivity index (χ4v) is 1.24. The summed E-state index contributed by atoms with van der Waals surface area (Å²) < 4.78 is 5.50. The Morgan fingerprint density at radius 3 is 2.83 bits per heavy atom. The van der Waals surface area contributed by atoms with Crippen molar-refractivity contribution in [2.45, 2.75) is 19.9 Å². The number of nitrogens with one attached hydrogen (secondary N) is 2. The molecule has 102 valence electrons. The van der Waals surface area contributed by atoms with E-state index in [2.05, 4.69) is 34.5 Å². The molecule has 0 fully saturated rings. The molecule has 0 aromatic carbocycles. The van der Waals surface area contributed by atoms with Crippen LogP contribution >= 0.6 is 24.0 Å². The largest absolute Gasteiger partial charge is 0.490 e. The number of guanidine groups is 1. The second kappa shape index (κ2) is 9.93. The number of pyridine rings is 1. The third-order valence-corrected chi connectivity index (χ3v) is 1.95. The molecule has 0 bridgehead atoms. The third-order valence-electron chi connectivity index (χ3n) is 1.95. The Labute approximate surface area is 125 Å². The summed E-state index contributed by atoms with van der Waals surface area (Å²) in [6.07, 6.45) is 3.42. The van der Waals surface area contributed by atoms with E-state index < -0.39 is 0 Å². The fraction of sp³-hybridized carbons (Fsp3) is 0.500. The Morgan fingerprint density at radius 2 is 2.28 bits per heavy atom. The van der Waals surface area contributed by atoms with Gasteiger partial charge in [0.05, 0.1) is 12.7 Å². The van der Waals surface area contributed by atoms with Gasteiger partial charge in [-0.1, -0.05) is 0 Å². The van der Waals surface area contributed by atoms with E-state index >= 15 is 0 Å². The summed E-state index contributed by atoms with van der Waals surface area (Å²) in [6, 6.07) is 4.09. The Balaban J connectivity index is 0.00000289. The minimum atomic E-state index is 0. The smallest absolute Gasteiger partial charge is 0.191 e. The molecule has 0 unspecified atom stereocenters. The van der Waals surface area contributed by atoms with Crippen LogP contribution in [0.4, 0.5) is 0 Å². The first-order valence-corrected chi connectivity index (χ1v) is 5.72. The average molecular weight is 364 g/mol. The fourth-order valence-electron chi connectivity index (χ4n) is 1.24. The van der Waals surface area contributed by atoms with Crippen LogP contribution in [0.1, 0.15) is 13.8 Å². The molecule has 1 rings (SSSR count). The first-order valence-electron chi connectivity index (χ1n) is 5.72. The standard InChI is InChI=1S/C12H20N4O.HI/c1-10(2)16-12(13-3)15-7-8-17-11-5-4-6-14-9-11;/h4-6,9-10H,7-8H2,1-3H3,(H2,13,15,16);1H. The minimum Gasteiger partial charge on any atom is -0.490 e. The first-order chi connectivity index (χ1) is 8.22. The molecule has 0 atom stereocenters. The first kappa shape index (κ1) is 16.9. The highest BCUT2D eigenvalue weighted by atomic mass is 127. The van der Waals surface area contributed by atoms with Crippen LogP contribution in [0.5, 0.6) is 5.75 Å². The predicted molar refractivity (Wildman–Crippen MR) is 84.8 cm³/mol. The van der Waals surface area contributed by atoms with E-state index in [1.54, 1.807) is 19.4 Å². The lowest BCUT2D eigenvalue weighted by atomic mass is 10.4. The molecule has 0 aliphatic rings. The van der Waals surface area contributed by atoms with Gasteiger partial charge in [0.2, 0.25) is 0 Å². The van der Waals surface area contributed by atoms with Crippen molar-refractivity contribution in [3.8, 4) is 5.75 Å². The van der Waals surface area contributed by atoms with E-state index in [9.17, 15) is 0 Å². The Bertz CT molecular complexity index is 343. The summed E-state index contributed by atoms with van der Waals surface area (Å²) in [7, 11) is 1.75. The normalized spacial score (nSPS) is 10.8. The molecule has 0 aliphatic carbocycles. The monoisotopic (exact) mass is 364 g/mol. The predicted octanol–water partition coefficient (Wildman–Crippen LogP) is 1.65. The molecule has 0 saturated carbocycles. The number of rotatable bonds is 5. The van der Waals surface area contributed by atoms with Gasteiger partial charge in [-0.25, -0.2) is 0 Å². The number of hydrogen-bond donors (Lipinski definition) is 2. The van der Waals surface area contributed by atoms with Crippen LogP contribution in [0.15, 0.2) is 29.5 Å². The zero-order valence-corrected chi connectivity index (χ0v) is 13.3. The molecule has 0 aliphatic heterocycles. The highest BCUT2D eigenvalue weighted by Crippen LogP contribution is 2.04. The maximum absolute atomic E-state index is 5.50. The molecule has 1 heterocycles. The molecule has 6 heteroatoms. The molecule has 0 saturated heterocycles. The van der Waals surface area contributed by atoms with Gasteiger partial charge in [0.15, 0.2) is 5.96 Å². The zero-order valence-electron chi connectivity index (χ0n) is 11.0. The van der Waals surface area contributed by atoms with Crippen molar-refractivity contribution in [3.63, 3.8) is 0 Å². The lowest BCUT2D eigenvalue weighted by Crippen LogP contribution is -2.42. The highest BCUT2D eigenvalue weighted by molar-refractivity contribution is 14.0. The molecule has 5 nitrogen and oxygen atoms in total. The second-order valence-electron chi connectivity index (χ2n) is 3.84. The second-order valence-corrected chi connectivity index (χ2v) is 3.84. The number of aliphatic imine (C=N–C) groups is 1. The van der Waals surface area contributed by atoms with E-state index in [1.807, 2.05) is 12.1 Å². The maximum atomic E-state index is 5.50. The molecule has 18 heavy (non-hydrogen) atoms. The van der Waals surface area contributed by atoms with E-state index in [0.717, 1.165) is 11.7 Å². The third kappa shape index (κ3) is 7.31. The lowest BCUT2D eigenvalue weighted by molar-refractivity contribution is 0.320. The topological polar surface area (TPSA) is 58.5 Å². The summed E-state index contributed by atoms with van der Waals surface area (Å²) in [5.74, 6) is 1.57. The molecular weight excluding hydrogens is 343 g/mol. The summed E-state index contributed by atoms with van der Waals surface area (Å²) in [6.45, 7) is 5.41. The van der Waals surface area contributed by atoms with Crippen LogP contribution in [-0.2, 0) is 0 Å². The molecule has 1 aromatic rings. The lowest BCUT2D eigenvalue weighted by Gasteiger charge is -2.14. The molecule has 0 radical (unpaired) electrons. The Hall–Kier alpha value is -1.05. The molecular formula is C12H21IN4O. The van der Waals surface area contributed by atoms with Crippen LogP contribution < -0.4 is 15.4 Å². The van der Waals surface area contributed by atoms with Gasteiger partial charge in [-0.2, -0.15) is 0 Å². The van der Waals surface area contributed by atoms with Crippen LogP contribution in [0.25, 0.3) is 0 Å². The van der Waals surface area contributed by atoms with Gasteiger partial charge in [-0.3, -0.25) is 9.98 Å². The van der Waals surface area contributed by atoms with Crippen LogP contribution in [0.3, 0.4) is 0 Å². The molecule has 2 N–H and O–H groups in total. The molecule has 1 aromatic heterocycles. The van der Waals surface area contributed by atoms with Gasteiger partial charge in [0.1, 0.15) is 12.4 Å². The van der Waals surface area contributed by atoms with Crippen molar-refractivity contribution < 1.29 is 4.74 Å². The van der Waals surface area contributed by atoms with Crippen LogP contribution in [-0.4, -0.2) is 37.2 Å². The summed E-state index contributed by atoms with van der Waals surface area (Å²) >= 11 is 0. The van der Waals surface area contributed by atoms with Gasteiger partial charge in [0.25, 0.3) is 0 Å². The van der Waals surface area contributed by atoms with Crippen molar-refractivity contribution in [2.24, 2.45) is 4.99 Å². The SMILES string of the molecule is CN=C(NCCOc1cccnc1)NC(C)C.I. The van der Waals surface area contributed by atoms with Crippen LogP contribution in [0, 0.1) is 0 Å². The maximum Gasteiger partial charge on any atom is 0.191 e. The van der Waals surface area contributed by atoms with Crippen molar-refractivity contribution in [1.82, 2.24) is 15.6 Å². The summed E-state index contributed by atoms with van der Waals surface area (Å²) in [5, 5.41) is 6.36. The number of halogens is 1. The van der Waals surface area contributed by atoms with Crippen molar-refractivity contribution in [2.75, 3.05) is 20.2 Å². The van der Waals surface area contributed by atoms with Crippen molar-refractivity contribution in [1.29, 1.82) is 0 Å². The van der Waals surface area contributed by atoms with E-state index in [1.165, 1.54) is 0 Å². The van der Waals surface area contributed by atoms with E-state index in [4.69, 9.17) is 4.74 Å². The minimum absolute atomic E-state index is 0. The highest BCUT2D eigenvalue weighted by Gasteiger charge is 1.99. The number of nitrogens with zero attached hydrogens (tertiary/aromatic N) is 2. The Morgan fingerprint density at radius 1 is 1.50 bits per heavy atom. The van der Waals surface area contributed by atoms with E-state index in [-0.39, 0.29) is 24.0 Å². The van der Waals surface area contributed by atoms with Crippen molar-refractivity contribution >= 4 is 29.9 Å². The quantitative estimate of drug-likeness (QED) is 0.361.